The molecule has 3 rings (SSSR count). The van der Waals surface area contributed by atoms with Crippen molar-refractivity contribution in [1.82, 2.24) is 9.80 Å². The monoisotopic (exact) mass is 344 g/mol. The number of rotatable bonds is 3. The summed E-state index contributed by atoms with van der Waals surface area (Å²) in [6, 6.07) is 10.6. The first kappa shape index (κ1) is 18.4. The molecule has 0 bridgehead atoms. The molecule has 0 aliphatic carbocycles. The van der Waals surface area contributed by atoms with E-state index in [1.54, 1.807) is 0 Å². The highest BCUT2D eigenvalue weighted by Crippen LogP contribution is 2.45. The van der Waals surface area contributed by atoms with Gasteiger partial charge in [0.1, 0.15) is 0 Å². The second-order valence-electron chi connectivity index (χ2n) is 8.94. The van der Waals surface area contributed by atoms with E-state index in [-0.39, 0.29) is 23.3 Å². The summed E-state index contributed by atoms with van der Waals surface area (Å²) in [6.45, 7) is 10.8. The summed E-state index contributed by atoms with van der Waals surface area (Å²) in [5, 5.41) is 9.96. The van der Waals surface area contributed by atoms with E-state index in [0.717, 1.165) is 45.6 Å². The van der Waals surface area contributed by atoms with Crippen LogP contribution in [0.1, 0.15) is 39.2 Å². The third-order valence-corrected chi connectivity index (χ3v) is 6.04. The molecule has 1 N–H and O–H groups in total. The maximum Gasteiger partial charge on any atom is 0.227 e. The van der Waals surface area contributed by atoms with Crippen LogP contribution in [0.25, 0.3) is 0 Å². The molecule has 1 spiro atoms. The number of piperidine rings is 1. The molecule has 1 aromatic rings. The largest absolute Gasteiger partial charge is 0.396 e. The van der Waals surface area contributed by atoms with Crippen LogP contribution in [-0.2, 0) is 11.3 Å². The van der Waals surface area contributed by atoms with Crippen LogP contribution in [0.5, 0.6) is 0 Å². The Hall–Kier alpha value is -1.39. The topological polar surface area (TPSA) is 43.8 Å². The number of benzene rings is 1. The molecule has 25 heavy (non-hydrogen) atoms. The molecule has 0 radical (unpaired) electrons. The first-order chi connectivity index (χ1) is 11.8. The Morgan fingerprint density at radius 2 is 1.84 bits per heavy atom. The highest BCUT2D eigenvalue weighted by molar-refractivity contribution is 5.81. The van der Waals surface area contributed by atoms with Crippen LogP contribution in [0, 0.1) is 16.7 Å². The number of aliphatic hydroxyl groups excluding tert-OH is 1. The number of carbonyl (C=O) groups excluding carboxylic acids is 1. The summed E-state index contributed by atoms with van der Waals surface area (Å²) >= 11 is 0. The zero-order chi connectivity index (χ0) is 18.1. The van der Waals surface area contributed by atoms with Crippen LogP contribution < -0.4 is 0 Å². The predicted octanol–water partition coefficient (Wildman–Crippen LogP) is 2.77. The molecule has 1 atom stereocenters. The van der Waals surface area contributed by atoms with E-state index in [1.807, 2.05) is 31.7 Å². The van der Waals surface area contributed by atoms with Crippen molar-refractivity contribution in [2.45, 2.75) is 40.2 Å². The Morgan fingerprint density at radius 3 is 2.40 bits per heavy atom. The fourth-order valence-electron chi connectivity index (χ4n) is 4.55. The average Bonchev–Trinajstić information content (AvgIpc) is 2.92. The molecule has 2 heterocycles. The zero-order valence-corrected chi connectivity index (χ0v) is 15.9. The Kier molecular flexibility index (Phi) is 5.21. The van der Waals surface area contributed by atoms with E-state index in [0.29, 0.717) is 5.92 Å². The molecule has 0 saturated carbocycles. The Balaban J connectivity index is 1.64. The van der Waals surface area contributed by atoms with Crippen LogP contribution >= 0.6 is 0 Å². The quantitative estimate of drug-likeness (QED) is 0.917. The van der Waals surface area contributed by atoms with Crippen LogP contribution in [0.4, 0.5) is 0 Å². The first-order valence-corrected chi connectivity index (χ1v) is 9.51. The van der Waals surface area contributed by atoms with E-state index in [1.165, 1.54) is 5.56 Å². The summed E-state index contributed by atoms with van der Waals surface area (Å²) in [5.74, 6) is 0.574. The summed E-state index contributed by atoms with van der Waals surface area (Å²) in [6.07, 6.45) is 2.01. The van der Waals surface area contributed by atoms with Crippen molar-refractivity contribution in [1.29, 1.82) is 0 Å². The summed E-state index contributed by atoms with van der Waals surface area (Å²) in [4.78, 5) is 17.1. The van der Waals surface area contributed by atoms with Crippen molar-refractivity contribution in [2.24, 2.45) is 16.7 Å². The SMILES string of the molecule is CC(C)(C)C(=O)N1CCC2(CC1)CN(Cc1ccccc1)CC2CO. The van der Waals surface area contributed by atoms with Gasteiger partial charge < -0.3 is 10.0 Å². The lowest BCUT2D eigenvalue weighted by molar-refractivity contribution is -0.142. The van der Waals surface area contributed by atoms with Gasteiger partial charge in [-0.15, -0.1) is 0 Å². The van der Waals surface area contributed by atoms with Gasteiger partial charge in [-0.25, -0.2) is 0 Å². The van der Waals surface area contributed by atoms with Crippen molar-refractivity contribution in [3.63, 3.8) is 0 Å². The molecular weight excluding hydrogens is 312 g/mol. The maximum absolute atomic E-state index is 12.5. The zero-order valence-electron chi connectivity index (χ0n) is 15.9. The number of likely N-dealkylation sites (tertiary alicyclic amines) is 2. The van der Waals surface area contributed by atoms with E-state index in [2.05, 4.69) is 29.2 Å². The van der Waals surface area contributed by atoms with Gasteiger partial charge in [-0.05, 0) is 23.8 Å². The normalized spacial score (nSPS) is 24.0. The van der Waals surface area contributed by atoms with Crippen LogP contribution in [-0.4, -0.2) is 53.6 Å². The van der Waals surface area contributed by atoms with E-state index < -0.39 is 0 Å². The summed E-state index contributed by atoms with van der Waals surface area (Å²) < 4.78 is 0. The Labute approximate surface area is 151 Å². The molecule has 1 amide bonds. The first-order valence-electron chi connectivity index (χ1n) is 9.51. The van der Waals surface area contributed by atoms with Crippen LogP contribution in [0.3, 0.4) is 0 Å². The van der Waals surface area contributed by atoms with Crippen LogP contribution in [0.15, 0.2) is 30.3 Å². The highest BCUT2D eigenvalue weighted by atomic mass is 16.3. The lowest BCUT2D eigenvalue weighted by atomic mass is 9.71. The molecule has 2 aliphatic rings. The number of hydrogen-bond acceptors (Lipinski definition) is 3. The van der Waals surface area contributed by atoms with Gasteiger partial charge in [-0.1, -0.05) is 51.1 Å². The number of hydrogen-bond donors (Lipinski definition) is 1. The minimum Gasteiger partial charge on any atom is -0.396 e. The Bertz CT molecular complexity index is 586. The second kappa shape index (κ2) is 7.08. The highest BCUT2D eigenvalue weighted by Gasteiger charge is 2.48. The van der Waals surface area contributed by atoms with E-state index >= 15 is 0 Å². The van der Waals surface area contributed by atoms with E-state index in [9.17, 15) is 9.90 Å². The number of carbonyl (C=O) groups is 1. The third kappa shape index (κ3) is 3.90. The molecule has 2 saturated heterocycles. The van der Waals surface area contributed by atoms with Crippen molar-refractivity contribution in [2.75, 3.05) is 32.8 Å². The van der Waals surface area contributed by atoms with Gasteiger partial charge in [-0.2, -0.15) is 0 Å². The number of amides is 1. The smallest absolute Gasteiger partial charge is 0.227 e. The molecule has 1 unspecified atom stereocenters. The van der Waals surface area contributed by atoms with Gasteiger partial charge in [-0.3, -0.25) is 9.69 Å². The standard InChI is InChI=1S/C21H32N2O2/c1-20(2,3)19(25)23-11-9-21(10-12-23)16-22(14-18(21)15-24)13-17-7-5-4-6-8-17/h4-8,18,24H,9-16H2,1-3H3. The molecule has 1 aromatic carbocycles. The molecule has 4 heteroatoms. The van der Waals surface area contributed by atoms with Crippen molar-refractivity contribution < 1.29 is 9.90 Å². The van der Waals surface area contributed by atoms with Gasteiger partial charge in [0.2, 0.25) is 5.91 Å². The molecule has 2 aliphatic heterocycles. The lowest BCUT2D eigenvalue weighted by Gasteiger charge is -2.43. The molecule has 2 fully saturated rings. The number of aliphatic hydroxyl groups is 1. The van der Waals surface area contributed by atoms with Crippen molar-refractivity contribution >= 4 is 5.91 Å². The van der Waals surface area contributed by atoms with Gasteiger partial charge in [0.25, 0.3) is 0 Å². The average molecular weight is 344 g/mol. The third-order valence-electron chi connectivity index (χ3n) is 6.04. The van der Waals surface area contributed by atoms with Gasteiger partial charge in [0.05, 0.1) is 0 Å². The molecule has 4 nitrogen and oxygen atoms in total. The fourth-order valence-corrected chi connectivity index (χ4v) is 4.55. The minimum absolute atomic E-state index is 0.165. The van der Waals surface area contributed by atoms with Crippen molar-refractivity contribution in [3.05, 3.63) is 35.9 Å². The summed E-state index contributed by atoms with van der Waals surface area (Å²) in [7, 11) is 0. The predicted molar refractivity (Wildman–Crippen MR) is 100.0 cm³/mol. The molecule has 138 valence electrons. The lowest BCUT2D eigenvalue weighted by Crippen LogP contribution is -2.49. The fraction of sp³-hybridized carbons (Fsp3) is 0.667. The minimum atomic E-state index is -0.310. The molecule has 0 aromatic heterocycles. The van der Waals surface area contributed by atoms with Gasteiger partial charge in [0, 0.05) is 50.7 Å². The van der Waals surface area contributed by atoms with Gasteiger partial charge in [0.15, 0.2) is 0 Å². The van der Waals surface area contributed by atoms with Crippen LogP contribution in [0.2, 0.25) is 0 Å². The molecular formula is C21H32N2O2. The number of nitrogens with zero attached hydrogens (tertiary/aromatic N) is 2. The Morgan fingerprint density at radius 1 is 1.20 bits per heavy atom. The second-order valence-corrected chi connectivity index (χ2v) is 8.94. The summed E-state index contributed by atoms with van der Waals surface area (Å²) in [5.41, 5.74) is 1.19. The van der Waals surface area contributed by atoms with E-state index in [4.69, 9.17) is 0 Å². The van der Waals surface area contributed by atoms with Crippen molar-refractivity contribution in [3.8, 4) is 0 Å². The maximum atomic E-state index is 12.5. The van der Waals surface area contributed by atoms with Gasteiger partial charge >= 0.3 is 0 Å².